The van der Waals surface area contributed by atoms with Crippen molar-refractivity contribution in [3.05, 3.63) is 66.7 Å². The molecule has 0 amide bonds. The number of hydrogen-bond acceptors (Lipinski definition) is 3. The summed E-state index contributed by atoms with van der Waals surface area (Å²) in [4.78, 5) is 3.97. The zero-order chi connectivity index (χ0) is 14.9. The Hall–Kier alpha value is -1.85. The van der Waals surface area contributed by atoms with Crippen LogP contribution in [0.5, 0.6) is 0 Å². The Bertz CT molecular complexity index is 861. The average Bonchev–Trinajstić information content (AvgIpc) is 2.96. The Kier molecular flexibility index (Phi) is 4.88. The molecule has 0 saturated heterocycles. The number of halogens is 1. The van der Waals surface area contributed by atoms with Gasteiger partial charge in [0.2, 0.25) is 0 Å². The van der Waals surface area contributed by atoms with Crippen molar-refractivity contribution in [3.63, 3.8) is 0 Å². The number of benzene rings is 2. The minimum absolute atomic E-state index is 0. The van der Waals surface area contributed by atoms with Gasteiger partial charge in [0.15, 0.2) is 9.84 Å². The van der Waals surface area contributed by atoms with Gasteiger partial charge >= 0.3 is 0 Å². The molecule has 1 unspecified atom stereocenters. The molecule has 1 aromatic heterocycles. The first-order valence-corrected chi connectivity index (χ1v) is 8.63. The predicted molar refractivity (Wildman–Crippen MR) is 91.0 cm³/mol. The van der Waals surface area contributed by atoms with Crippen LogP contribution >= 0.6 is 12.4 Å². The molecule has 0 radical (unpaired) electrons. The summed E-state index contributed by atoms with van der Waals surface area (Å²) in [6.45, 7) is 0.372. The lowest BCUT2D eigenvalue weighted by Gasteiger charge is -2.17. The first kappa shape index (κ1) is 16.5. The third kappa shape index (κ3) is 3.48. The summed E-state index contributed by atoms with van der Waals surface area (Å²) >= 11 is 0. The summed E-state index contributed by atoms with van der Waals surface area (Å²) in [5.41, 5.74) is 0.810. The van der Waals surface area contributed by atoms with Gasteiger partial charge in [0.05, 0.1) is 6.33 Å². The highest BCUT2D eigenvalue weighted by molar-refractivity contribution is 7.90. The molecule has 0 aliphatic rings. The van der Waals surface area contributed by atoms with Crippen molar-refractivity contribution in [1.29, 1.82) is 0 Å². The largest absolute Gasteiger partial charge is 0.336 e. The maximum Gasteiger partial charge on any atom is 0.156 e. The molecule has 0 saturated carbocycles. The molecule has 22 heavy (non-hydrogen) atoms. The molecule has 116 valence electrons. The van der Waals surface area contributed by atoms with E-state index in [0.29, 0.717) is 6.54 Å². The second-order valence-corrected chi connectivity index (χ2v) is 7.41. The number of imidazole rings is 1. The first-order valence-electron chi connectivity index (χ1n) is 6.67. The van der Waals surface area contributed by atoms with Crippen LogP contribution in [0.25, 0.3) is 10.8 Å². The van der Waals surface area contributed by atoms with Crippen LogP contribution in [0, 0.1) is 0 Å². The van der Waals surface area contributed by atoms with Crippen molar-refractivity contribution in [2.24, 2.45) is 0 Å². The van der Waals surface area contributed by atoms with E-state index < -0.39 is 15.1 Å². The van der Waals surface area contributed by atoms with Gasteiger partial charge in [0, 0.05) is 25.2 Å². The highest BCUT2D eigenvalue weighted by atomic mass is 35.5. The van der Waals surface area contributed by atoms with Crippen LogP contribution in [0.1, 0.15) is 10.8 Å². The minimum atomic E-state index is -3.21. The predicted octanol–water partition coefficient (Wildman–Crippen LogP) is 3.24. The van der Waals surface area contributed by atoms with Crippen LogP contribution in [0.15, 0.2) is 61.2 Å². The molecule has 0 spiro atoms. The maximum absolute atomic E-state index is 12.2. The normalized spacial score (nSPS) is 12.8. The van der Waals surface area contributed by atoms with Crippen LogP contribution in [-0.2, 0) is 16.4 Å². The zero-order valence-corrected chi connectivity index (χ0v) is 13.7. The minimum Gasteiger partial charge on any atom is -0.336 e. The third-order valence-electron chi connectivity index (χ3n) is 3.60. The van der Waals surface area contributed by atoms with Crippen LogP contribution < -0.4 is 0 Å². The van der Waals surface area contributed by atoms with E-state index in [1.807, 2.05) is 42.5 Å². The molecule has 3 rings (SSSR count). The summed E-state index contributed by atoms with van der Waals surface area (Å²) in [5.74, 6) is 0. The van der Waals surface area contributed by atoms with E-state index in [0.717, 1.165) is 16.3 Å². The molecular formula is C16H17ClN2O2S. The Morgan fingerprint density at radius 3 is 2.50 bits per heavy atom. The maximum atomic E-state index is 12.2. The van der Waals surface area contributed by atoms with Crippen molar-refractivity contribution >= 4 is 33.0 Å². The number of fused-ring (bicyclic) bond motifs is 1. The number of aromatic nitrogens is 2. The number of sulfone groups is 1. The molecule has 6 heteroatoms. The summed E-state index contributed by atoms with van der Waals surface area (Å²) in [6.07, 6.45) is 6.35. The molecule has 4 nitrogen and oxygen atoms in total. The molecule has 1 heterocycles. The van der Waals surface area contributed by atoms with Crippen LogP contribution in [-0.4, -0.2) is 24.2 Å². The lowest BCUT2D eigenvalue weighted by Crippen LogP contribution is -2.17. The van der Waals surface area contributed by atoms with Crippen LogP contribution in [0.3, 0.4) is 0 Å². The van der Waals surface area contributed by atoms with Gasteiger partial charge in [-0.1, -0.05) is 36.4 Å². The van der Waals surface area contributed by atoms with Gasteiger partial charge in [0.25, 0.3) is 0 Å². The number of hydrogen-bond donors (Lipinski definition) is 0. The van der Waals surface area contributed by atoms with Crippen molar-refractivity contribution in [3.8, 4) is 0 Å². The van der Waals surface area contributed by atoms with E-state index in [2.05, 4.69) is 4.98 Å². The summed E-state index contributed by atoms with van der Waals surface area (Å²) in [6, 6.07) is 13.8. The highest BCUT2D eigenvalue weighted by Crippen LogP contribution is 2.27. The van der Waals surface area contributed by atoms with Gasteiger partial charge in [-0.2, -0.15) is 0 Å². The van der Waals surface area contributed by atoms with E-state index in [4.69, 9.17) is 0 Å². The lowest BCUT2D eigenvalue weighted by atomic mass is 10.0. The van der Waals surface area contributed by atoms with Gasteiger partial charge in [0.1, 0.15) is 5.25 Å². The average molecular weight is 337 g/mol. The third-order valence-corrected chi connectivity index (χ3v) is 5.05. The molecule has 0 fully saturated rings. The highest BCUT2D eigenvalue weighted by Gasteiger charge is 2.23. The van der Waals surface area contributed by atoms with Crippen molar-refractivity contribution in [2.45, 2.75) is 11.8 Å². The number of rotatable bonds is 4. The smallest absolute Gasteiger partial charge is 0.156 e. The van der Waals surface area contributed by atoms with Gasteiger partial charge in [-0.3, -0.25) is 0 Å². The molecule has 3 aromatic rings. The molecule has 0 aliphatic carbocycles. The van der Waals surface area contributed by atoms with Gasteiger partial charge < -0.3 is 4.57 Å². The van der Waals surface area contributed by atoms with E-state index in [1.165, 1.54) is 6.26 Å². The standard InChI is InChI=1S/C16H16N2O2S.ClH/c1-21(19,20)16(11-18-9-8-17-12-18)15-7-6-13-4-2-3-5-14(13)10-15;/h2-10,12,16H,11H2,1H3;1H. The van der Waals surface area contributed by atoms with Crippen molar-refractivity contribution in [2.75, 3.05) is 6.26 Å². The molecule has 0 aliphatic heterocycles. The Balaban J connectivity index is 0.00000176. The zero-order valence-electron chi connectivity index (χ0n) is 12.1. The van der Waals surface area contributed by atoms with Crippen LogP contribution in [0.2, 0.25) is 0 Å². The van der Waals surface area contributed by atoms with Gasteiger partial charge in [-0.15, -0.1) is 12.4 Å². The van der Waals surface area contributed by atoms with Crippen LogP contribution in [0.4, 0.5) is 0 Å². The topological polar surface area (TPSA) is 52.0 Å². The molecule has 1 atom stereocenters. The summed E-state index contributed by atoms with van der Waals surface area (Å²) in [7, 11) is -3.21. The lowest BCUT2D eigenvalue weighted by molar-refractivity contribution is 0.568. The SMILES string of the molecule is CS(=O)(=O)C(Cn1ccnc1)c1ccc2ccccc2c1.Cl. The second kappa shape index (κ2) is 6.50. The quantitative estimate of drug-likeness (QED) is 0.735. The van der Waals surface area contributed by atoms with E-state index in [-0.39, 0.29) is 12.4 Å². The summed E-state index contributed by atoms with van der Waals surface area (Å²) < 4.78 is 26.1. The molecule has 0 bridgehead atoms. The monoisotopic (exact) mass is 336 g/mol. The number of nitrogens with zero attached hydrogens (tertiary/aromatic N) is 2. The molecular weight excluding hydrogens is 320 g/mol. The fourth-order valence-electron chi connectivity index (χ4n) is 2.48. The van der Waals surface area contributed by atoms with Gasteiger partial charge in [-0.25, -0.2) is 13.4 Å². The van der Waals surface area contributed by atoms with Crippen molar-refractivity contribution < 1.29 is 8.42 Å². The Labute approximate surface area is 136 Å². The second-order valence-electron chi connectivity index (χ2n) is 5.18. The van der Waals surface area contributed by atoms with E-state index in [9.17, 15) is 8.42 Å². The first-order chi connectivity index (χ1) is 10.0. The van der Waals surface area contributed by atoms with Crippen molar-refractivity contribution in [1.82, 2.24) is 9.55 Å². The Morgan fingerprint density at radius 1 is 1.14 bits per heavy atom. The van der Waals surface area contributed by atoms with Gasteiger partial charge in [-0.05, 0) is 22.4 Å². The van der Waals surface area contributed by atoms with E-state index >= 15 is 0 Å². The Morgan fingerprint density at radius 2 is 1.86 bits per heavy atom. The summed E-state index contributed by atoms with van der Waals surface area (Å²) in [5, 5.41) is 1.58. The fraction of sp³-hybridized carbons (Fsp3) is 0.188. The molecule has 2 aromatic carbocycles. The fourth-order valence-corrected chi connectivity index (χ4v) is 3.57. The molecule has 0 N–H and O–H groups in total. The van der Waals surface area contributed by atoms with E-state index in [1.54, 1.807) is 23.3 Å².